The molecule has 2 saturated heterocycles. The molecule has 4 aromatic carbocycles. The van der Waals surface area contributed by atoms with Gasteiger partial charge >= 0.3 is 0 Å². The standard InChI is InChI=1S/C22H24N2O3.C21H21N5O2.CH4/c1-2-24-21(26)16-8-6-15(7-9-16)17-14-22(10-12-23-13-11-22)27-19-5-3-4-18(25)20(17)19;1-26-24-20(23-25-26)15-7-5-14(6-8-15)16-13-21(9-11-22-12-10-21)28-18-4-2-3-17(27)19(16)18;/h3-9,14,23,25H,2,10-13H2,1H3,(H,24,26);2-8,13,22,27H,9-12H2,1H3;1H4. The zero-order valence-electron chi connectivity index (χ0n) is 31.0. The average molecular weight is 756 g/mol. The van der Waals surface area contributed by atoms with Crippen LogP contribution in [0.5, 0.6) is 23.0 Å². The Labute approximate surface area is 327 Å². The molecule has 4 aliphatic rings. The van der Waals surface area contributed by atoms with Gasteiger partial charge in [-0.05, 0) is 109 Å². The molecule has 290 valence electrons. The van der Waals surface area contributed by atoms with Crippen molar-refractivity contribution in [3.05, 3.63) is 125 Å². The predicted octanol–water partition coefficient (Wildman–Crippen LogP) is 6.25. The second-order valence-electron chi connectivity index (χ2n) is 14.4. The van der Waals surface area contributed by atoms with Gasteiger partial charge in [-0.15, -0.1) is 10.2 Å². The Morgan fingerprint density at radius 3 is 1.64 bits per heavy atom. The number of piperidine rings is 2. The zero-order valence-corrected chi connectivity index (χ0v) is 31.0. The van der Waals surface area contributed by atoms with Gasteiger partial charge in [-0.25, -0.2) is 0 Å². The summed E-state index contributed by atoms with van der Waals surface area (Å²) in [6.07, 6.45) is 7.88. The fourth-order valence-corrected chi connectivity index (χ4v) is 7.83. The van der Waals surface area contributed by atoms with Crippen LogP contribution in [0.15, 0.2) is 97.1 Å². The molecule has 0 radical (unpaired) electrons. The summed E-state index contributed by atoms with van der Waals surface area (Å²) in [7, 11) is 1.75. The minimum atomic E-state index is -0.361. The van der Waals surface area contributed by atoms with Gasteiger partial charge in [0.2, 0.25) is 5.82 Å². The summed E-state index contributed by atoms with van der Waals surface area (Å²) in [6.45, 7) is 6.12. The number of hydrogen-bond donors (Lipinski definition) is 5. The highest BCUT2D eigenvalue weighted by atomic mass is 16.5. The first kappa shape index (κ1) is 38.3. The number of benzene rings is 4. The number of carbonyl (C=O) groups is 1. The van der Waals surface area contributed by atoms with E-state index in [9.17, 15) is 15.0 Å². The molecule has 9 rings (SSSR count). The van der Waals surface area contributed by atoms with Gasteiger partial charge in [-0.2, -0.15) is 4.80 Å². The summed E-state index contributed by atoms with van der Waals surface area (Å²) >= 11 is 0. The number of carbonyl (C=O) groups excluding carboxylic acids is 1. The second-order valence-corrected chi connectivity index (χ2v) is 14.4. The molecule has 1 aromatic heterocycles. The molecule has 12 heteroatoms. The van der Waals surface area contributed by atoms with Crippen molar-refractivity contribution in [1.29, 1.82) is 0 Å². The van der Waals surface area contributed by atoms with Gasteiger partial charge in [0.15, 0.2) is 0 Å². The first-order chi connectivity index (χ1) is 26.8. The third kappa shape index (κ3) is 7.62. The summed E-state index contributed by atoms with van der Waals surface area (Å²) < 4.78 is 12.7. The fraction of sp³-hybridized carbons (Fsp3) is 0.318. The van der Waals surface area contributed by atoms with E-state index in [2.05, 4.69) is 43.5 Å². The fourth-order valence-electron chi connectivity index (χ4n) is 7.83. The van der Waals surface area contributed by atoms with E-state index in [1.54, 1.807) is 19.2 Å². The lowest BCUT2D eigenvalue weighted by molar-refractivity contribution is 0.0810. The number of fused-ring (bicyclic) bond motifs is 2. The summed E-state index contributed by atoms with van der Waals surface area (Å²) in [5, 5.41) is 42.8. The molecule has 56 heavy (non-hydrogen) atoms. The third-order valence-corrected chi connectivity index (χ3v) is 10.6. The zero-order chi connectivity index (χ0) is 38.0. The first-order valence-electron chi connectivity index (χ1n) is 18.9. The van der Waals surface area contributed by atoms with E-state index in [1.165, 1.54) is 4.80 Å². The number of rotatable bonds is 5. The molecule has 0 bridgehead atoms. The van der Waals surface area contributed by atoms with Gasteiger partial charge in [-0.1, -0.05) is 56.0 Å². The molecule has 5 N–H and O–H groups in total. The smallest absolute Gasteiger partial charge is 0.251 e. The van der Waals surface area contributed by atoms with Gasteiger partial charge in [0.05, 0.1) is 18.2 Å². The topological polar surface area (TPSA) is 156 Å². The maximum absolute atomic E-state index is 12.0. The van der Waals surface area contributed by atoms with Crippen LogP contribution in [0.3, 0.4) is 0 Å². The number of aromatic nitrogens is 4. The summed E-state index contributed by atoms with van der Waals surface area (Å²) in [5.41, 5.74) is 6.24. The second kappa shape index (κ2) is 16.0. The lowest BCUT2D eigenvalue weighted by Crippen LogP contribution is -2.46. The number of phenols is 2. The monoisotopic (exact) mass is 755 g/mol. The Bertz CT molecular complexity index is 2250. The van der Waals surface area contributed by atoms with Gasteiger partial charge in [0.1, 0.15) is 34.2 Å². The van der Waals surface area contributed by atoms with Crippen LogP contribution in [0.4, 0.5) is 0 Å². The maximum Gasteiger partial charge on any atom is 0.251 e. The lowest BCUT2D eigenvalue weighted by Gasteiger charge is -2.40. The number of tetrazole rings is 1. The molecule has 1 amide bonds. The van der Waals surface area contributed by atoms with Crippen molar-refractivity contribution >= 4 is 17.1 Å². The molecule has 5 aromatic rings. The number of nitrogens with zero attached hydrogens (tertiary/aromatic N) is 4. The molecule has 0 aliphatic carbocycles. The minimum absolute atomic E-state index is 0. The van der Waals surface area contributed by atoms with Crippen LogP contribution >= 0.6 is 0 Å². The summed E-state index contributed by atoms with van der Waals surface area (Å²) in [4.78, 5) is 13.5. The van der Waals surface area contributed by atoms with Crippen LogP contribution in [-0.2, 0) is 7.05 Å². The van der Waals surface area contributed by atoms with E-state index in [0.29, 0.717) is 29.2 Å². The Hall–Kier alpha value is -5.98. The van der Waals surface area contributed by atoms with Crippen LogP contribution in [0, 0.1) is 0 Å². The Morgan fingerprint density at radius 1 is 0.732 bits per heavy atom. The summed E-state index contributed by atoms with van der Waals surface area (Å²) in [6, 6.07) is 26.4. The minimum Gasteiger partial charge on any atom is -0.507 e. The van der Waals surface area contributed by atoms with Crippen LogP contribution in [0.1, 0.15) is 72.6 Å². The van der Waals surface area contributed by atoms with Crippen LogP contribution in [-0.4, -0.2) is 80.3 Å². The number of ether oxygens (including phenoxy) is 2. The quantitative estimate of drug-likeness (QED) is 0.139. The Balaban J connectivity index is 0.000000169. The highest BCUT2D eigenvalue weighted by Gasteiger charge is 2.39. The van der Waals surface area contributed by atoms with Crippen molar-refractivity contribution < 1.29 is 24.5 Å². The molecule has 0 unspecified atom stereocenters. The molecular formula is C44H49N7O5. The molecule has 0 atom stereocenters. The van der Waals surface area contributed by atoms with E-state index >= 15 is 0 Å². The van der Waals surface area contributed by atoms with Gasteiger partial charge in [-0.3, -0.25) is 4.79 Å². The largest absolute Gasteiger partial charge is 0.507 e. The predicted molar refractivity (Wildman–Crippen MR) is 217 cm³/mol. The first-order valence-corrected chi connectivity index (χ1v) is 18.9. The number of phenolic OH excluding ortho intramolecular Hbond substituents is 2. The van der Waals surface area contributed by atoms with E-state index in [1.807, 2.05) is 79.7 Å². The number of hydrogen-bond acceptors (Lipinski definition) is 10. The van der Waals surface area contributed by atoms with Crippen molar-refractivity contribution in [3.8, 4) is 34.4 Å². The lowest BCUT2D eigenvalue weighted by atomic mass is 9.83. The molecule has 12 nitrogen and oxygen atoms in total. The molecule has 5 heterocycles. The molecular weight excluding hydrogens is 707 g/mol. The van der Waals surface area contributed by atoms with Crippen LogP contribution in [0.2, 0.25) is 0 Å². The van der Waals surface area contributed by atoms with Gasteiger partial charge in [0.25, 0.3) is 5.91 Å². The molecule has 4 aliphatic heterocycles. The highest BCUT2D eigenvalue weighted by molar-refractivity contribution is 5.95. The van der Waals surface area contributed by atoms with E-state index in [0.717, 1.165) is 91.0 Å². The number of nitrogens with one attached hydrogen (secondary N) is 3. The average Bonchev–Trinajstić information content (AvgIpc) is 3.64. The maximum atomic E-state index is 12.0. The summed E-state index contributed by atoms with van der Waals surface area (Å²) in [5.74, 6) is 2.39. The molecule has 2 spiro atoms. The highest BCUT2D eigenvalue weighted by Crippen LogP contribution is 2.47. The number of aryl methyl sites for hydroxylation is 1. The van der Waals surface area contributed by atoms with Crippen molar-refractivity contribution in [2.24, 2.45) is 7.05 Å². The van der Waals surface area contributed by atoms with E-state index in [4.69, 9.17) is 9.47 Å². The third-order valence-electron chi connectivity index (χ3n) is 10.6. The Morgan fingerprint density at radius 2 is 1.20 bits per heavy atom. The van der Waals surface area contributed by atoms with Crippen molar-refractivity contribution in [2.75, 3.05) is 32.7 Å². The van der Waals surface area contributed by atoms with Crippen LogP contribution < -0.4 is 25.4 Å². The number of aromatic hydroxyl groups is 2. The van der Waals surface area contributed by atoms with Crippen molar-refractivity contribution in [3.63, 3.8) is 0 Å². The van der Waals surface area contributed by atoms with E-state index < -0.39 is 0 Å². The number of amides is 1. The van der Waals surface area contributed by atoms with Crippen molar-refractivity contribution in [1.82, 2.24) is 36.2 Å². The van der Waals surface area contributed by atoms with Crippen LogP contribution in [0.25, 0.3) is 22.5 Å². The molecule has 2 fully saturated rings. The Kier molecular flexibility index (Phi) is 11.0. The van der Waals surface area contributed by atoms with Crippen molar-refractivity contribution in [2.45, 2.75) is 51.2 Å². The molecule has 0 saturated carbocycles. The van der Waals surface area contributed by atoms with E-state index in [-0.39, 0.29) is 36.0 Å². The van der Waals surface area contributed by atoms with Gasteiger partial charge < -0.3 is 35.6 Å². The van der Waals surface area contributed by atoms with Gasteiger partial charge in [0, 0.05) is 43.4 Å². The SMILES string of the molecule is C.CCNC(=O)c1ccc(C2=CC3(CCNCC3)Oc3cccc(O)c32)cc1.Cn1nnc(-c2ccc(C3=CC4(CCNCC4)Oc4cccc(O)c43)cc2)n1. The normalized spacial score (nSPS) is 17.3.